The van der Waals surface area contributed by atoms with Gasteiger partial charge in [-0.05, 0) is 30.9 Å². The molecule has 1 nitrogen and oxygen atoms in total. The summed E-state index contributed by atoms with van der Waals surface area (Å²) < 4.78 is 2.51. The van der Waals surface area contributed by atoms with Crippen molar-refractivity contribution < 1.29 is 0 Å². The van der Waals surface area contributed by atoms with Gasteiger partial charge in [0, 0.05) is 13.1 Å². The van der Waals surface area contributed by atoms with Gasteiger partial charge in [0.05, 0.1) is 0 Å². The molecular weight excluding hydrogens is 142 g/mol. The molecule has 0 unspecified atom stereocenters. The highest BCUT2D eigenvalue weighted by Crippen LogP contribution is 2.48. The van der Waals surface area contributed by atoms with Crippen LogP contribution in [0.1, 0.15) is 25.7 Å². The summed E-state index contributed by atoms with van der Waals surface area (Å²) in [7, 11) is 0. The Balaban J connectivity index is 1.92. The van der Waals surface area contributed by atoms with Crippen molar-refractivity contribution in [3.8, 4) is 0 Å². The first-order valence-corrected chi connectivity index (χ1v) is 5.32. The maximum Gasteiger partial charge on any atom is 0.0146 e. The van der Waals surface area contributed by atoms with Gasteiger partial charge in [-0.15, -0.1) is 0 Å². The largest absolute Gasteiger partial charge is 0.250 e. The van der Waals surface area contributed by atoms with Gasteiger partial charge in [-0.2, -0.15) is 0 Å². The van der Waals surface area contributed by atoms with E-state index >= 15 is 0 Å². The normalized spacial score (nSPS) is 30.9. The first kappa shape index (κ1) is 6.99. The summed E-state index contributed by atoms with van der Waals surface area (Å²) in [5, 5.41) is 0. The van der Waals surface area contributed by atoms with Gasteiger partial charge in [0.25, 0.3) is 0 Å². The SMILES string of the molecule is CSN1CCC2(CCC2)C1. The van der Waals surface area contributed by atoms with Crippen molar-refractivity contribution in [3.63, 3.8) is 0 Å². The smallest absolute Gasteiger partial charge is 0.0146 e. The topological polar surface area (TPSA) is 3.24 Å². The molecule has 1 aliphatic heterocycles. The first-order valence-electron chi connectivity index (χ1n) is 4.14. The van der Waals surface area contributed by atoms with Crippen molar-refractivity contribution in [1.29, 1.82) is 0 Å². The lowest BCUT2D eigenvalue weighted by atomic mass is 9.68. The van der Waals surface area contributed by atoms with Crippen LogP contribution in [0.25, 0.3) is 0 Å². The van der Waals surface area contributed by atoms with Gasteiger partial charge in [0.1, 0.15) is 0 Å². The predicted octanol–water partition coefficient (Wildman–Crippen LogP) is 2.14. The number of hydrogen-bond acceptors (Lipinski definition) is 2. The molecule has 1 heterocycles. The molecule has 0 aromatic carbocycles. The van der Waals surface area contributed by atoms with Crippen molar-refractivity contribution in [2.24, 2.45) is 5.41 Å². The molecule has 0 N–H and O–H groups in total. The Morgan fingerprint density at radius 2 is 2.10 bits per heavy atom. The van der Waals surface area contributed by atoms with E-state index in [9.17, 15) is 0 Å². The van der Waals surface area contributed by atoms with Crippen LogP contribution in [0.2, 0.25) is 0 Å². The highest BCUT2D eigenvalue weighted by atomic mass is 32.2. The molecule has 0 radical (unpaired) electrons. The lowest BCUT2D eigenvalue weighted by Gasteiger charge is -2.37. The zero-order chi connectivity index (χ0) is 7.03. The second-order valence-corrected chi connectivity index (χ2v) is 4.53. The molecule has 0 bridgehead atoms. The van der Waals surface area contributed by atoms with Gasteiger partial charge >= 0.3 is 0 Å². The van der Waals surface area contributed by atoms with Crippen LogP contribution in [0.5, 0.6) is 0 Å². The molecule has 1 spiro atoms. The Hall–Kier alpha value is 0.310. The third-order valence-electron chi connectivity index (χ3n) is 3.08. The molecule has 0 atom stereocenters. The van der Waals surface area contributed by atoms with Crippen molar-refractivity contribution >= 4 is 11.9 Å². The van der Waals surface area contributed by atoms with Gasteiger partial charge in [0.2, 0.25) is 0 Å². The second kappa shape index (κ2) is 2.42. The lowest BCUT2D eigenvalue weighted by molar-refractivity contribution is 0.155. The Kier molecular flexibility index (Phi) is 1.69. The summed E-state index contributed by atoms with van der Waals surface area (Å²) >= 11 is 1.92. The highest BCUT2D eigenvalue weighted by Gasteiger charge is 2.42. The predicted molar refractivity (Wildman–Crippen MR) is 46.0 cm³/mol. The minimum atomic E-state index is 0.795. The third kappa shape index (κ3) is 0.978. The quantitative estimate of drug-likeness (QED) is 0.536. The molecule has 2 fully saturated rings. The van der Waals surface area contributed by atoms with Crippen LogP contribution < -0.4 is 0 Å². The Labute approximate surface area is 67.3 Å². The summed E-state index contributed by atoms with van der Waals surface area (Å²) in [6, 6.07) is 0. The molecule has 2 rings (SSSR count). The highest BCUT2D eigenvalue weighted by molar-refractivity contribution is 7.96. The van der Waals surface area contributed by atoms with E-state index in [2.05, 4.69) is 10.6 Å². The van der Waals surface area contributed by atoms with Crippen molar-refractivity contribution in [2.45, 2.75) is 25.7 Å². The number of nitrogens with zero attached hydrogens (tertiary/aromatic N) is 1. The van der Waals surface area contributed by atoms with Crippen LogP contribution in [0, 0.1) is 5.41 Å². The van der Waals surface area contributed by atoms with E-state index < -0.39 is 0 Å². The minimum Gasteiger partial charge on any atom is -0.250 e. The third-order valence-corrected chi connectivity index (χ3v) is 3.90. The van der Waals surface area contributed by atoms with Crippen LogP contribution in [0.4, 0.5) is 0 Å². The van der Waals surface area contributed by atoms with E-state index in [1.54, 1.807) is 0 Å². The monoisotopic (exact) mass is 157 g/mol. The zero-order valence-electron chi connectivity index (χ0n) is 6.60. The van der Waals surface area contributed by atoms with Crippen LogP contribution in [-0.2, 0) is 0 Å². The maximum atomic E-state index is 2.51. The van der Waals surface area contributed by atoms with Gasteiger partial charge in [-0.3, -0.25) is 4.31 Å². The van der Waals surface area contributed by atoms with E-state index in [0.29, 0.717) is 0 Å². The van der Waals surface area contributed by atoms with E-state index in [0.717, 1.165) is 5.41 Å². The van der Waals surface area contributed by atoms with E-state index in [1.807, 2.05) is 11.9 Å². The van der Waals surface area contributed by atoms with Crippen LogP contribution >= 0.6 is 11.9 Å². The minimum absolute atomic E-state index is 0.795. The fourth-order valence-electron chi connectivity index (χ4n) is 2.13. The molecule has 2 heteroatoms. The molecule has 58 valence electrons. The number of rotatable bonds is 1. The zero-order valence-corrected chi connectivity index (χ0v) is 7.41. The van der Waals surface area contributed by atoms with Gasteiger partial charge in [0.15, 0.2) is 0 Å². The number of hydrogen-bond donors (Lipinski definition) is 0. The first-order chi connectivity index (χ1) is 4.85. The van der Waals surface area contributed by atoms with E-state index in [1.165, 1.54) is 38.8 Å². The molecule has 0 amide bonds. The summed E-state index contributed by atoms with van der Waals surface area (Å²) in [6.45, 7) is 2.70. The summed E-state index contributed by atoms with van der Waals surface area (Å²) in [5.41, 5.74) is 0.795. The van der Waals surface area contributed by atoms with Gasteiger partial charge < -0.3 is 0 Å². The molecular formula is C8H15NS. The van der Waals surface area contributed by atoms with Crippen molar-refractivity contribution in [1.82, 2.24) is 4.31 Å². The van der Waals surface area contributed by atoms with Crippen LogP contribution in [-0.4, -0.2) is 23.7 Å². The van der Waals surface area contributed by atoms with Gasteiger partial charge in [-0.25, -0.2) is 0 Å². The summed E-state index contributed by atoms with van der Waals surface area (Å²) in [5.74, 6) is 0. The maximum absolute atomic E-state index is 2.51. The lowest BCUT2D eigenvalue weighted by Crippen LogP contribution is -2.31. The Morgan fingerprint density at radius 3 is 2.40 bits per heavy atom. The molecule has 2 aliphatic rings. The molecule has 0 aromatic rings. The van der Waals surface area contributed by atoms with Gasteiger partial charge in [-0.1, -0.05) is 18.4 Å². The average Bonchev–Trinajstić information content (AvgIpc) is 2.29. The molecule has 0 aromatic heterocycles. The Bertz CT molecular complexity index is 131. The van der Waals surface area contributed by atoms with Crippen LogP contribution in [0.3, 0.4) is 0 Å². The molecule has 10 heavy (non-hydrogen) atoms. The summed E-state index contributed by atoms with van der Waals surface area (Å²) in [6.07, 6.45) is 8.15. The fourth-order valence-corrected chi connectivity index (χ4v) is 2.81. The molecule has 1 saturated heterocycles. The fraction of sp³-hybridized carbons (Fsp3) is 1.00. The van der Waals surface area contributed by atoms with Crippen LogP contribution in [0.15, 0.2) is 0 Å². The summed E-state index contributed by atoms with van der Waals surface area (Å²) in [4.78, 5) is 0. The van der Waals surface area contributed by atoms with E-state index in [4.69, 9.17) is 0 Å². The Morgan fingerprint density at radius 1 is 1.30 bits per heavy atom. The molecule has 1 saturated carbocycles. The molecule has 1 aliphatic carbocycles. The second-order valence-electron chi connectivity index (χ2n) is 3.65. The average molecular weight is 157 g/mol. The van der Waals surface area contributed by atoms with Crippen molar-refractivity contribution in [3.05, 3.63) is 0 Å². The van der Waals surface area contributed by atoms with Crippen molar-refractivity contribution in [2.75, 3.05) is 19.3 Å². The van der Waals surface area contributed by atoms with E-state index in [-0.39, 0.29) is 0 Å². The standard InChI is InChI=1S/C8H15NS/c1-10-9-6-5-8(7-9)3-2-4-8/h2-7H2,1H3.